The molecule has 0 fully saturated rings. The van der Waals surface area contributed by atoms with Gasteiger partial charge in [0.1, 0.15) is 11.6 Å². The fourth-order valence-corrected chi connectivity index (χ4v) is 0.831. The Kier molecular flexibility index (Phi) is 5.62. The average molecular weight is 180 g/mol. The van der Waals surface area contributed by atoms with E-state index in [-0.39, 0.29) is 17.4 Å². The van der Waals surface area contributed by atoms with Crippen LogP contribution in [-0.4, -0.2) is 12.5 Å². The van der Waals surface area contributed by atoms with Gasteiger partial charge in [0.15, 0.2) is 0 Å². The number of nitrogens with one attached hydrogen (secondary N) is 1. The fraction of sp³-hybridized carbons (Fsp3) is 0.600. The van der Waals surface area contributed by atoms with E-state index < -0.39 is 0 Å². The quantitative estimate of drug-likeness (QED) is 0.528. The monoisotopic (exact) mass is 180 g/mol. The van der Waals surface area contributed by atoms with Crippen molar-refractivity contribution in [2.75, 3.05) is 6.54 Å². The summed E-state index contributed by atoms with van der Waals surface area (Å²) in [6, 6.07) is 1.89. The van der Waals surface area contributed by atoms with Gasteiger partial charge in [-0.1, -0.05) is 26.8 Å². The zero-order valence-corrected chi connectivity index (χ0v) is 8.42. The van der Waals surface area contributed by atoms with Gasteiger partial charge in [-0.05, 0) is 12.3 Å². The molecule has 0 aliphatic rings. The molecule has 0 aliphatic carbocycles. The van der Waals surface area contributed by atoms with Gasteiger partial charge in [0.2, 0.25) is 0 Å². The summed E-state index contributed by atoms with van der Waals surface area (Å²) in [6.45, 7) is 6.46. The molecule has 1 N–H and O–H groups in total. The number of nitriles is 1. The largest absolute Gasteiger partial charge is 0.351 e. The molecule has 0 aromatic heterocycles. The number of rotatable bonds is 4. The van der Waals surface area contributed by atoms with Gasteiger partial charge in [0.05, 0.1) is 0 Å². The third-order valence-electron chi connectivity index (χ3n) is 1.40. The Bertz CT molecular complexity index is 236. The van der Waals surface area contributed by atoms with Crippen LogP contribution in [0.4, 0.5) is 0 Å². The maximum absolute atomic E-state index is 11.3. The molecule has 0 heterocycles. The summed E-state index contributed by atoms with van der Waals surface area (Å²) in [7, 11) is 0. The molecule has 0 rings (SSSR count). The Labute approximate surface area is 79.4 Å². The van der Waals surface area contributed by atoms with Gasteiger partial charge < -0.3 is 5.32 Å². The number of allylic oxidation sites excluding steroid dienone is 1. The maximum Gasteiger partial charge on any atom is 0.261 e. The van der Waals surface area contributed by atoms with E-state index in [9.17, 15) is 4.79 Å². The summed E-state index contributed by atoms with van der Waals surface area (Å²) in [6.07, 6.45) is 2.55. The van der Waals surface area contributed by atoms with Crippen LogP contribution < -0.4 is 5.32 Å². The number of carbonyl (C=O) groups is 1. The van der Waals surface area contributed by atoms with E-state index in [1.165, 1.54) is 0 Å². The van der Waals surface area contributed by atoms with Crippen molar-refractivity contribution >= 4 is 5.91 Å². The molecule has 0 aliphatic heterocycles. The van der Waals surface area contributed by atoms with Gasteiger partial charge in [-0.3, -0.25) is 4.79 Å². The van der Waals surface area contributed by atoms with E-state index in [1.54, 1.807) is 6.08 Å². The smallest absolute Gasteiger partial charge is 0.261 e. The zero-order valence-electron chi connectivity index (χ0n) is 8.42. The first-order valence-corrected chi connectivity index (χ1v) is 4.52. The SMILES string of the molecule is CCCNC(=O)/C(C#N)=C\C(C)C. The van der Waals surface area contributed by atoms with Crippen molar-refractivity contribution in [1.29, 1.82) is 5.26 Å². The van der Waals surface area contributed by atoms with E-state index in [1.807, 2.05) is 26.8 Å². The molecule has 0 radical (unpaired) electrons. The van der Waals surface area contributed by atoms with Crippen LogP contribution in [0.25, 0.3) is 0 Å². The van der Waals surface area contributed by atoms with Crippen molar-refractivity contribution in [2.45, 2.75) is 27.2 Å². The highest BCUT2D eigenvalue weighted by Gasteiger charge is 2.07. The number of carbonyl (C=O) groups excluding carboxylic acids is 1. The third-order valence-corrected chi connectivity index (χ3v) is 1.40. The van der Waals surface area contributed by atoms with Gasteiger partial charge in [-0.15, -0.1) is 0 Å². The summed E-state index contributed by atoms with van der Waals surface area (Å²) in [5.74, 6) is -0.0416. The first-order chi connectivity index (χ1) is 6.11. The highest BCUT2D eigenvalue weighted by Crippen LogP contribution is 2.01. The van der Waals surface area contributed by atoms with E-state index in [0.717, 1.165) is 6.42 Å². The van der Waals surface area contributed by atoms with Crippen LogP contribution in [0, 0.1) is 17.2 Å². The number of amides is 1. The summed E-state index contributed by atoms with van der Waals surface area (Å²) < 4.78 is 0. The van der Waals surface area contributed by atoms with Crippen LogP contribution in [0.5, 0.6) is 0 Å². The van der Waals surface area contributed by atoms with Gasteiger partial charge in [0, 0.05) is 6.54 Å². The summed E-state index contributed by atoms with van der Waals surface area (Å²) in [4.78, 5) is 11.3. The minimum absolute atomic E-state index is 0.212. The number of hydrogen-bond donors (Lipinski definition) is 1. The van der Waals surface area contributed by atoms with Gasteiger partial charge >= 0.3 is 0 Å². The third kappa shape index (κ3) is 5.02. The maximum atomic E-state index is 11.3. The van der Waals surface area contributed by atoms with Crippen molar-refractivity contribution in [3.63, 3.8) is 0 Å². The second-order valence-corrected chi connectivity index (χ2v) is 3.19. The van der Waals surface area contributed by atoms with Gasteiger partial charge in [0.25, 0.3) is 5.91 Å². The van der Waals surface area contributed by atoms with Gasteiger partial charge in [-0.2, -0.15) is 5.26 Å². The normalized spacial score (nSPS) is 11.2. The van der Waals surface area contributed by atoms with Crippen molar-refractivity contribution in [3.8, 4) is 6.07 Å². The number of nitrogens with zero attached hydrogens (tertiary/aromatic N) is 1. The Hall–Kier alpha value is -1.30. The van der Waals surface area contributed by atoms with Crippen LogP contribution in [-0.2, 0) is 4.79 Å². The lowest BCUT2D eigenvalue weighted by Crippen LogP contribution is -2.25. The first kappa shape index (κ1) is 11.7. The highest BCUT2D eigenvalue weighted by molar-refractivity contribution is 5.97. The summed E-state index contributed by atoms with van der Waals surface area (Å²) >= 11 is 0. The minimum Gasteiger partial charge on any atom is -0.351 e. The summed E-state index contributed by atoms with van der Waals surface area (Å²) in [5, 5.41) is 11.3. The van der Waals surface area contributed by atoms with E-state index in [4.69, 9.17) is 5.26 Å². The molecule has 0 unspecified atom stereocenters. The standard InChI is InChI=1S/C10H16N2O/c1-4-5-12-10(13)9(7-11)6-8(2)3/h6,8H,4-5H2,1-3H3,(H,12,13)/b9-6-. The molecule has 0 spiro atoms. The van der Waals surface area contributed by atoms with Crippen LogP contribution in [0.3, 0.4) is 0 Å². The Morgan fingerprint density at radius 1 is 1.62 bits per heavy atom. The topological polar surface area (TPSA) is 52.9 Å². The van der Waals surface area contributed by atoms with Crippen molar-refractivity contribution in [3.05, 3.63) is 11.6 Å². The fourth-order valence-electron chi connectivity index (χ4n) is 0.831. The lowest BCUT2D eigenvalue weighted by Gasteiger charge is -2.02. The van der Waals surface area contributed by atoms with E-state index in [0.29, 0.717) is 6.54 Å². The summed E-state index contributed by atoms with van der Waals surface area (Å²) in [5.41, 5.74) is 0.212. The molecule has 0 saturated carbocycles. The van der Waals surface area contributed by atoms with Crippen LogP contribution in [0.15, 0.2) is 11.6 Å². The second-order valence-electron chi connectivity index (χ2n) is 3.19. The molecule has 0 aromatic carbocycles. The molecule has 0 atom stereocenters. The molecule has 72 valence electrons. The Morgan fingerprint density at radius 2 is 2.23 bits per heavy atom. The van der Waals surface area contributed by atoms with E-state index >= 15 is 0 Å². The number of hydrogen-bond acceptors (Lipinski definition) is 2. The molecule has 0 saturated heterocycles. The van der Waals surface area contributed by atoms with E-state index in [2.05, 4.69) is 5.32 Å². The molecule has 0 aromatic rings. The second kappa shape index (κ2) is 6.24. The van der Waals surface area contributed by atoms with Crippen LogP contribution >= 0.6 is 0 Å². The van der Waals surface area contributed by atoms with Crippen molar-refractivity contribution in [1.82, 2.24) is 5.32 Å². The highest BCUT2D eigenvalue weighted by atomic mass is 16.1. The predicted molar refractivity (Wildman–Crippen MR) is 51.8 cm³/mol. The molecule has 3 nitrogen and oxygen atoms in total. The molecule has 1 amide bonds. The molecular weight excluding hydrogens is 164 g/mol. The lowest BCUT2D eigenvalue weighted by atomic mass is 10.1. The minimum atomic E-state index is -0.266. The molecule has 3 heteroatoms. The van der Waals surface area contributed by atoms with Crippen LogP contribution in [0.2, 0.25) is 0 Å². The van der Waals surface area contributed by atoms with Crippen LogP contribution in [0.1, 0.15) is 27.2 Å². The van der Waals surface area contributed by atoms with Gasteiger partial charge in [-0.25, -0.2) is 0 Å². The zero-order chi connectivity index (χ0) is 10.3. The predicted octanol–water partition coefficient (Wildman–Crippen LogP) is 1.62. The lowest BCUT2D eigenvalue weighted by molar-refractivity contribution is -0.117. The van der Waals surface area contributed by atoms with Crippen molar-refractivity contribution < 1.29 is 4.79 Å². The van der Waals surface area contributed by atoms with Crippen molar-refractivity contribution in [2.24, 2.45) is 5.92 Å². The first-order valence-electron chi connectivity index (χ1n) is 4.52. The molecular formula is C10H16N2O. The Morgan fingerprint density at radius 3 is 2.62 bits per heavy atom. The Balaban J connectivity index is 4.26. The molecule has 0 bridgehead atoms. The average Bonchev–Trinajstić information content (AvgIpc) is 2.09. The molecule has 13 heavy (non-hydrogen) atoms.